The van der Waals surface area contributed by atoms with Crippen LogP contribution in [0.2, 0.25) is 0 Å². The Morgan fingerprint density at radius 3 is 1.37 bits per heavy atom. The highest BCUT2D eigenvalue weighted by atomic mass is 16.3. The number of anilines is 9. The molecule has 0 spiro atoms. The van der Waals surface area contributed by atoms with Crippen molar-refractivity contribution in [2.45, 2.75) is 150 Å². The summed E-state index contributed by atoms with van der Waals surface area (Å²) in [6.07, 6.45) is 0. The van der Waals surface area contributed by atoms with Crippen LogP contribution in [0.3, 0.4) is 0 Å². The molecule has 0 fully saturated rings. The van der Waals surface area contributed by atoms with Crippen molar-refractivity contribution in [1.82, 2.24) is 4.57 Å². The zero-order valence-electron chi connectivity index (χ0n) is 56.4. The fourth-order valence-electron chi connectivity index (χ4n) is 15.2. The van der Waals surface area contributed by atoms with Gasteiger partial charge in [-0.05, 0) is 173 Å². The number of hydrogen-bond acceptors (Lipinski definition) is 4. The monoisotopic (exact) mass is 1190 g/mol. The van der Waals surface area contributed by atoms with Gasteiger partial charge in [0.25, 0.3) is 6.71 Å². The maximum Gasteiger partial charge on any atom is 0.252 e. The molecule has 12 aromatic rings. The van der Waals surface area contributed by atoms with Gasteiger partial charge in [0.15, 0.2) is 5.58 Å². The van der Waals surface area contributed by atoms with E-state index in [2.05, 4.69) is 343 Å². The zero-order chi connectivity index (χ0) is 63.8. The van der Waals surface area contributed by atoms with E-state index in [0.717, 1.165) is 73.1 Å². The first-order chi connectivity index (χ1) is 43.1. The van der Waals surface area contributed by atoms with E-state index in [-0.39, 0.29) is 39.2 Å². The van der Waals surface area contributed by atoms with Crippen LogP contribution in [-0.4, -0.2) is 11.3 Å². The molecule has 15 rings (SSSR count). The Morgan fingerprint density at radius 1 is 0.374 bits per heavy atom. The van der Waals surface area contributed by atoms with Gasteiger partial charge in [-0.3, -0.25) is 0 Å². The highest BCUT2D eigenvalue weighted by Crippen LogP contribution is 2.57. The van der Waals surface area contributed by atoms with Crippen molar-refractivity contribution in [2.75, 3.05) is 14.7 Å². The molecule has 2 aliphatic heterocycles. The minimum atomic E-state index is -0.342. The summed E-state index contributed by atoms with van der Waals surface area (Å²) in [7, 11) is 0. The molecule has 10 aromatic carbocycles. The largest absolute Gasteiger partial charge is 0.454 e. The van der Waals surface area contributed by atoms with Crippen molar-refractivity contribution in [3.8, 4) is 16.8 Å². The second-order valence-corrected chi connectivity index (χ2v) is 32.0. The Bertz CT molecular complexity index is 4790. The lowest BCUT2D eigenvalue weighted by molar-refractivity contribution is 0.590. The molecule has 0 saturated heterocycles. The summed E-state index contributed by atoms with van der Waals surface area (Å²) in [6.45, 7) is 39.5. The maximum atomic E-state index is 7.25. The van der Waals surface area contributed by atoms with Crippen molar-refractivity contribution >= 4 is 107 Å². The summed E-state index contributed by atoms with van der Waals surface area (Å²) in [5, 5.41) is 3.50. The number of rotatable bonds is 7. The van der Waals surface area contributed by atoms with Crippen LogP contribution in [0.25, 0.3) is 49.7 Å². The molecule has 0 N–H and O–H groups in total. The standard InChI is InChI=1S/C85H85BN4O/c1-80(2,3)52-29-37-57(38-30-52)87(58-39-31-53(32-40-58)81(4,5)6)61-45-46-68-71(49-61)89(70-27-22-25-64-63-23-19-21-28-74(63)91-78(64)70)72-50-62(88(59-41-33-54(34-42-59)82(7,8)9)60-43-35-55(36-44-60)83(10,11)12)51-73-76(72)86(68)69-48-56(84(13,14)15)47-66-75-65-24-18-20-26-67(65)85(16,17)79(75)90(73)77(66)69/h18-51H,1-17H3. The van der Waals surface area contributed by atoms with Crippen LogP contribution in [0.4, 0.5) is 51.2 Å². The second kappa shape index (κ2) is 20.0. The number of furan rings is 1. The number of benzene rings is 10. The molecule has 1 aliphatic carbocycles. The first-order valence-corrected chi connectivity index (χ1v) is 32.9. The van der Waals surface area contributed by atoms with Crippen molar-refractivity contribution in [1.29, 1.82) is 0 Å². The van der Waals surface area contributed by atoms with E-state index < -0.39 is 0 Å². The topological polar surface area (TPSA) is 27.8 Å². The third-order valence-corrected chi connectivity index (χ3v) is 20.3. The van der Waals surface area contributed by atoms with Crippen molar-refractivity contribution in [3.63, 3.8) is 0 Å². The molecule has 0 bridgehead atoms. The Morgan fingerprint density at radius 2 is 0.835 bits per heavy atom. The zero-order valence-corrected chi connectivity index (χ0v) is 56.4. The molecule has 6 heteroatoms. The smallest absolute Gasteiger partial charge is 0.252 e. The predicted molar refractivity (Wildman–Crippen MR) is 390 cm³/mol. The fourth-order valence-corrected chi connectivity index (χ4v) is 15.2. The summed E-state index contributed by atoms with van der Waals surface area (Å²) in [6, 6.07) is 79.3. The second-order valence-electron chi connectivity index (χ2n) is 32.0. The molecule has 0 radical (unpaired) electrons. The van der Waals surface area contributed by atoms with Gasteiger partial charge in [-0.1, -0.05) is 233 Å². The van der Waals surface area contributed by atoms with Gasteiger partial charge in [0.05, 0.1) is 11.4 Å². The fraction of sp³-hybridized carbons (Fsp3) is 0.271. The third kappa shape index (κ3) is 9.23. The Hall–Kier alpha value is -9.00. The van der Waals surface area contributed by atoms with Gasteiger partial charge in [-0.15, -0.1) is 0 Å². The van der Waals surface area contributed by atoms with E-state index in [9.17, 15) is 0 Å². The van der Waals surface area contributed by atoms with Gasteiger partial charge in [-0.25, -0.2) is 0 Å². The number of para-hydroxylation sites is 2. The van der Waals surface area contributed by atoms with Gasteiger partial charge >= 0.3 is 0 Å². The average molecular weight is 1190 g/mol. The first kappa shape index (κ1) is 58.4. The molecular weight excluding hydrogens is 1100 g/mol. The highest BCUT2D eigenvalue weighted by Gasteiger charge is 2.49. The van der Waals surface area contributed by atoms with E-state index >= 15 is 0 Å². The minimum absolute atomic E-state index is 0.0109. The van der Waals surface area contributed by atoms with E-state index in [1.807, 2.05) is 0 Å². The van der Waals surface area contributed by atoms with Gasteiger partial charge in [0.1, 0.15) is 5.58 Å². The lowest BCUT2D eigenvalue weighted by Gasteiger charge is -2.42. The van der Waals surface area contributed by atoms with Gasteiger partial charge in [0, 0.05) is 83.8 Å². The van der Waals surface area contributed by atoms with Crippen LogP contribution in [-0.2, 0) is 32.5 Å². The minimum Gasteiger partial charge on any atom is -0.454 e. The molecule has 5 nitrogen and oxygen atoms in total. The summed E-state index contributed by atoms with van der Waals surface area (Å²) in [4.78, 5) is 7.57. The summed E-state index contributed by atoms with van der Waals surface area (Å²) >= 11 is 0. The van der Waals surface area contributed by atoms with Gasteiger partial charge in [-0.2, -0.15) is 0 Å². The lowest BCUT2D eigenvalue weighted by atomic mass is 9.33. The van der Waals surface area contributed by atoms with Crippen molar-refractivity contribution in [3.05, 3.63) is 245 Å². The third-order valence-electron chi connectivity index (χ3n) is 20.3. The summed E-state index contributed by atoms with van der Waals surface area (Å²) in [5.41, 5.74) is 29.1. The van der Waals surface area contributed by atoms with Crippen LogP contribution in [0.15, 0.2) is 211 Å². The number of fused-ring (bicyclic) bond motifs is 12. The molecule has 0 atom stereocenters. The highest BCUT2D eigenvalue weighted by molar-refractivity contribution is 7.00. The SMILES string of the molecule is CC(C)(C)c1ccc(N(c2ccc(C(C)(C)C)cc2)c2ccc3c(c2)N(c2cccc4c2oc2ccccc24)c2cc(N(c4ccc(C(C)(C)C)cc4)c4ccc(C(C)(C)C)cc4)cc4c2B3c2cc(C(C)(C)C)cc3c5c(n-4c23)C(C)(C)c2ccccc2-5)cc1. The van der Waals surface area contributed by atoms with Crippen LogP contribution in [0, 0.1) is 0 Å². The lowest BCUT2D eigenvalue weighted by Crippen LogP contribution is -2.61. The van der Waals surface area contributed by atoms with Crippen LogP contribution in [0.1, 0.15) is 157 Å². The van der Waals surface area contributed by atoms with Crippen molar-refractivity contribution < 1.29 is 4.42 Å². The molecule has 0 amide bonds. The molecule has 0 unspecified atom stereocenters. The predicted octanol–water partition coefficient (Wildman–Crippen LogP) is 21.9. The van der Waals surface area contributed by atoms with E-state index in [0.29, 0.717) is 0 Å². The quantitative estimate of drug-likeness (QED) is 0.149. The van der Waals surface area contributed by atoms with Crippen LogP contribution < -0.4 is 31.1 Å². The van der Waals surface area contributed by atoms with E-state index in [4.69, 9.17) is 4.42 Å². The van der Waals surface area contributed by atoms with E-state index in [1.165, 1.54) is 83.2 Å². The Labute approximate surface area is 540 Å². The molecule has 3 aliphatic rings. The number of aromatic nitrogens is 1. The first-order valence-electron chi connectivity index (χ1n) is 32.9. The van der Waals surface area contributed by atoms with Crippen molar-refractivity contribution in [2.24, 2.45) is 0 Å². The molecule has 91 heavy (non-hydrogen) atoms. The number of nitrogens with zero attached hydrogens (tertiary/aromatic N) is 4. The number of hydrogen-bond donors (Lipinski definition) is 0. The Balaban J connectivity index is 1.10. The summed E-state index contributed by atoms with van der Waals surface area (Å²) < 4.78 is 9.99. The van der Waals surface area contributed by atoms with Gasteiger partial charge in [0.2, 0.25) is 0 Å². The van der Waals surface area contributed by atoms with Gasteiger partial charge < -0.3 is 23.7 Å². The molecule has 4 heterocycles. The molecule has 454 valence electrons. The normalized spacial score (nSPS) is 14.3. The average Bonchev–Trinajstić information content (AvgIpc) is 1.57. The Kier molecular flexibility index (Phi) is 12.8. The summed E-state index contributed by atoms with van der Waals surface area (Å²) in [5.74, 6) is 0. The molecule has 0 saturated carbocycles. The van der Waals surface area contributed by atoms with Crippen LogP contribution in [0.5, 0.6) is 0 Å². The molecule has 2 aromatic heterocycles. The van der Waals surface area contributed by atoms with E-state index in [1.54, 1.807) is 0 Å². The van der Waals surface area contributed by atoms with Crippen LogP contribution >= 0.6 is 0 Å². The maximum absolute atomic E-state index is 7.25. The molecular formula is C85H85BN4O.